The number of anilines is 2. The number of H-pyrrole nitrogens is 1. The molecule has 0 saturated heterocycles. The van der Waals surface area contributed by atoms with E-state index in [1.165, 1.54) is 17.5 Å². The summed E-state index contributed by atoms with van der Waals surface area (Å²) in [7, 11) is 0. The van der Waals surface area contributed by atoms with E-state index in [2.05, 4.69) is 71.5 Å². The Morgan fingerprint density at radius 3 is 2.74 bits per heavy atom. The molecule has 0 unspecified atom stereocenters. The van der Waals surface area contributed by atoms with E-state index in [0.29, 0.717) is 29.6 Å². The van der Waals surface area contributed by atoms with Gasteiger partial charge < -0.3 is 15.6 Å². The molecule has 3 rings (SSSR count). The predicted octanol–water partition coefficient (Wildman–Crippen LogP) is 4.66. The Labute approximate surface area is 159 Å². The Morgan fingerprint density at radius 1 is 1.22 bits per heavy atom. The van der Waals surface area contributed by atoms with Crippen LogP contribution in [0, 0.1) is 6.92 Å². The number of aromatic amines is 1. The molecule has 2 aromatic heterocycles. The van der Waals surface area contributed by atoms with Gasteiger partial charge in [0.1, 0.15) is 23.5 Å². The predicted molar refractivity (Wildman–Crippen MR) is 110 cm³/mol. The summed E-state index contributed by atoms with van der Waals surface area (Å²) < 4.78 is 0. The van der Waals surface area contributed by atoms with E-state index >= 15 is 0 Å². The summed E-state index contributed by atoms with van der Waals surface area (Å²) in [5.41, 5.74) is 4.68. The summed E-state index contributed by atoms with van der Waals surface area (Å²) in [6.07, 6.45) is 3.50. The second kappa shape index (κ2) is 8.20. The highest BCUT2D eigenvalue weighted by Gasteiger charge is 2.13. The standard InChI is InChI=1S/C21H27N5O/c1-5-6-9-22-21(27)18-11-17-19(23-12-24-20(17)26-18)25-15-7-8-16(13(2)3)14(4)10-15/h7-8,10-13H,5-6,9H2,1-4H3,(H,22,27)(H2,23,24,25,26). The lowest BCUT2D eigenvalue weighted by molar-refractivity contribution is 0.0949. The molecule has 1 amide bonds. The lowest BCUT2D eigenvalue weighted by Crippen LogP contribution is -2.24. The summed E-state index contributed by atoms with van der Waals surface area (Å²) >= 11 is 0. The molecule has 6 heteroatoms. The Hall–Kier alpha value is -2.89. The monoisotopic (exact) mass is 365 g/mol. The van der Waals surface area contributed by atoms with Crippen molar-refractivity contribution >= 4 is 28.4 Å². The van der Waals surface area contributed by atoms with Gasteiger partial charge in [-0.2, -0.15) is 0 Å². The summed E-state index contributed by atoms with van der Waals surface area (Å²) in [6, 6.07) is 8.12. The van der Waals surface area contributed by atoms with Gasteiger partial charge in [0.05, 0.1) is 5.39 Å². The van der Waals surface area contributed by atoms with Gasteiger partial charge >= 0.3 is 0 Å². The number of nitrogens with zero attached hydrogens (tertiary/aromatic N) is 2. The van der Waals surface area contributed by atoms with E-state index in [1.807, 2.05) is 0 Å². The number of unbranched alkanes of at least 4 members (excludes halogenated alkanes) is 1. The van der Waals surface area contributed by atoms with E-state index in [0.717, 1.165) is 23.9 Å². The molecular formula is C21H27N5O. The van der Waals surface area contributed by atoms with Gasteiger partial charge in [-0.05, 0) is 48.6 Å². The first kappa shape index (κ1) is 18.9. The van der Waals surface area contributed by atoms with Gasteiger partial charge in [-0.15, -0.1) is 0 Å². The molecule has 1 aromatic carbocycles. The molecule has 142 valence electrons. The maximum Gasteiger partial charge on any atom is 0.267 e. The molecule has 0 bridgehead atoms. The Morgan fingerprint density at radius 2 is 2.04 bits per heavy atom. The van der Waals surface area contributed by atoms with Crippen LogP contribution in [0.25, 0.3) is 11.0 Å². The normalized spacial score (nSPS) is 11.1. The minimum Gasteiger partial charge on any atom is -0.351 e. The first-order valence-corrected chi connectivity index (χ1v) is 9.49. The molecule has 0 radical (unpaired) electrons. The second-order valence-corrected chi connectivity index (χ2v) is 7.13. The van der Waals surface area contributed by atoms with Crippen molar-refractivity contribution in [2.45, 2.75) is 46.5 Å². The summed E-state index contributed by atoms with van der Waals surface area (Å²) in [5, 5.41) is 7.07. The molecule has 3 N–H and O–H groups in total. The van der Waals surface area contributed by atoms with Crippen molar-refractivity contribution in [3.8, 4) is 0 Å². The Kier molecular flexibility index (Phi) is 5.74. The highest BCUT2D eigenvalue weighted by Crippen LogP contribution is 2.27. The minimum absolute atomic E-state index is 0.121. The van der Waals surface area contributed by atoms with Crippen LogP contribution in [-0.4, -0.2) is 27.4 Å². The third-order valence-corrected chi connectivity index (χ3v) is 4.64. The highest BCUT2D eigenvalue weighted by molar-refractivity contribution is 6.00. The Balaban J connectivity index is 1.85. The van der Waals surface area contributed by atoms with Crippen molar-refractivity contribution in [2.24, 2.45) is 0 Å². The first-order chi connectivity index (χ1) is 13.0. The third-order valence-electron chi connectivity index (χ3n) is 4.64. The van der Waals surface area contributed by atoms with Gasteiger partial charge in [0, 0.05) is 12.2 Å². The van der Waals surface area contributed by atoms with E-state index < -0.39 is 0 Å². The number of hydrogen-bond acceptors (Lipinski definition) is 4. The fourth-order valence-corrected chi connectivity index (χ4v) is 3.17. The molecule has 0 aliphatic heterocycles. The minimum atomic E-state index is -0.121. The van der Waals surface area contributed by atoms with Crippen molar-refractivity contribution < 1.29 is 4.79 Å². The van der Waals surface area contributed by atoms with Crippen molar-refractivity contribution in [1.29, 1.82) is 0 Å². The number of nitrogens with one attached hydrogen (secondary N) is 3. The lowest BCUT2D eigenvalue weighted by atomic mass is 9.98. The molecule has 0 atom stereocenters. The van der Waals surface area contributed by atoms with E-state index in [1.54, 1.807) is 6.07 Å². The molecule has 3 aromatic rings. The summed E-state index contributed by atoms with van der Waals surface area (Å²) in [4.78, 5) is 24.0. The zero-order chi connectivity index (χ0) is 19.4. The van der Waals surface area contributed by atoms with Crippen LogP contribution < -0.4 is 10.6 Å². The number of fused-ring (bicyclic) bond motifs is 1. The van der Waals surface area contributed by atoms with Crippen LogP contribution in [0.1, 0.15) is 61.1 Å². The van der Waals surface area contributed by atoms with Crippen molar-refractivity contribution in [1.82, 2.24) is 20.3 Å². The van der Waals surface area contributed by atoms with E-state index in [-0.39, 0.29) is 5.91 Å². The number of carbonyl (C=O) groups is 1. The van der Waals surface area contributed by atoms with Gasteiger partial charge in [-0.25, -0.2) is 9.97 Å². The quantitative estimate of drug-likeness (QED) is 0.532. The lowest BCUT2D eigenvalue weighted by Gasteiger charge is -2.12. The largest absolute Gasteiger partial charge is 0.351 e. The number of amides is 1. The van der Waals surface area contributed by atoms with Gasteiger partial charge in [-0.3, -0.25) is 4.79 Å². The smallest absolute Gasteiger partial charge is 0.267 e. The van der Waals surface area contributed by atoms with Crippen LogP contribution in [0.4, 0.5) is 11.5 Å². The van der Waals surface area contributed by atoms with Crippen LogP contribution in [0.15, 0.2) is 30.6 Å². The molecule has 2 heterocycles. The van der Waals surface area contributed by atoms with Crippen LogP contribution >= 0.6 is 0 Å². The number of rotatable bonds is 7. The van der Waals surface area contributed by atoms with Gasteiger partial charge in [0.25, 0.3) is 5.91 Å². The Bertz CT molecular complexity index is 945. The highest BCUT2D eigenvalue weighted by atomic mass is 16.1. The van der Waals surface area contributed by atoms with Crippen molar-refractivity contribution in [3.05, 3.63) is 47.4 Å². The molecule has 0 aliphatic rings. The first-order valence-electron chi connectivity index (χ1n) is 9.49. The van der Waals surface area contributed by atoms with Crippen LogP contribution in [0.3, 0.4) is 0 Å². The number of aromatic nitrogens is 3. The average Bonchev–Trinajstić information content (AvgIpc) is 3.07. The van der Waals surface area contributed by atoms with Crippen molar-refractivity contribution in [2.75, 3.05) is 11.9 Å². The molecule has 27 heavy (non-hydrogen) atoms. The SMILES string of the molecule is CCCCNC(=O)c1cc2c(Nc3ccc(C(C)C)c(C)c3)ncnc2[nH]1. The zero-order valence-corrected chi connectivity index (χ0v) is 16.4. The number of carbonyl (C=O) groups excluding carboxylic acids is 1. The molecule has 0 aliphatic carbocycles. The van der Waals surface area contributed by atoms with Crippen LogP contribution in [0.5, 0.6) is 0 Å². The van der Waals surface area contributed by atoms with Crippen LogP contribution in [-0.2, 0) is 0 Å². The fraction of sp³-hybridized carbons (Fsp3) is 0.381. The number of hydrogen-bond donors (Lipinski definition) is 3. The van der Waals surface area contributed by atoms with Gasteiger partial charge in [-0.1, -0.05) is 33.3 Å². The number of benzene rings is 1. The van der Waals surface area contributed by atoms with Gasteiger partial charge in [0.15, 0.2) is 0 Å². The summed E-state index contributed by atoms with van der Waals surface area (Å²) in [5.74, 6) is 1.05. The topological polar surface area (TPSA) is 82.7 Å². The molecular weight excluding hydrogens is 338 g/mol. The average molecular weight is 365 g/mol. The van der Waals surface area contributed by atoms with E-state index in [4.69, 9.17) is 0 Å². The molecule has 0 spiro atoms. The number of aryl methyl sites for hydroxylation is 1. The molecule has 6 nitrogen and oxygen atoms in total. The van der Waals surface area contributed by atoms with Gasteiger partial charge in [0.2, 0.25) is 0 Å². The maximum atomic E-state index is 12.3. The van der Waals surface area contributed by atoms with Crippen molar-refractivity contribution in [3.63, 3.8) is 0 Å². The van der Waals surface area contributed by atoms with E-state index in [9.17, 15) is 4.79 Å². The summed E-state index contributed by atoms with van der Waals surface area (Å²) in [6.45, 7) is 9.26. The maximum absolute atomic E-state index is 12.3. The van der Waals surface area contributed by atoms with Crippen LogP contribution in [0.2, 0.25) is 0 Å². The zero-order valence-electron chi connectivity index (χ0n) is 16.4. The molecule has 0 fully saturated rings. The third kappa shape index (κ3) is 4.27. The fourth-order valence-electron chi connectivity index (χ4n) is 3.17. The molecule has 0 saturated carbocycles. The second-order valence-electron chi connectivity index (χ2n) is 7.13.